The third-order valence-electron chi connectivity index (χ3n) is 10.2. The van der Waals surface area contributed by atoms with E-state index in [2.05, 4.69) is 39.6 Å². The molecule has 0 spiro atoms. The molecule has 56 heavy (non-hydrogen) atoms. The fourth-order valence-electron chi connectivity index (χ4n) is 6.96. The zero-order valence-electron chi connectivity index (χ0n) is 32.2. The van der Waals surface area contributed by atoms with E-state index in [0.29, 0.717) is 53.8 Å². The summed E-state index contributed by atoms with van der Waals surface area (Å²) in [5.41, 5.74) is 3.95. The molecule has 0 atom stereocenters. The van der Waals surface area contributed by atoms with Crippen LogP contribution in [0.5, 0.6) is 0 Å². The first-order valence-corrected chi connectivity index (χ1v) is 21.4. The van der Waals surface area contributed by atoms with Crippen LogP contribution in [0.2, 0.25) is 5.02 Å². The van der Waals surface area contributed by atoms with E-state index in [0.717, 1.165) is 47.9 Å². The first-order valence-electron chi connectivity index (χ1n) is 18.8. The minimum absolute atomic E-state index is 0.0486. The van der Waals surface area contributed by atoms with Crippen molar-refractivity contribution >= 4 is 71.7 Å². The molecule has 0 bridgehead atoms. The highest BCUT2D eigenvalue weighted by Crippen LogP contribution is 2.34. The van der Waals surface area contributed by atoms with Crippen molar-refractivity contribution in [2.45, 2.75) is 64.3 Å². The Morgan fingerprint density at radius 2 is 1.61 bits per heavy atom. The Balaban J connectivity index is 1.38. The SMILES string of the molecule is CCCCN(CCCC)C(=O)c1nn(-c2ccc(C(=O)NS(=O)(=O)c3ccc4c(N(C)C)ccc(Br)c4c3)cc2C(=O)N2CCc3ccccc3C2)c(C)c1Cl. The largest absolute Gasteiger partial charge is 0.377 e. The van der Waals surface area contributed by atoms with Crippen LogP contribution < -0.4 is 9.62 Å². The molecule has 14 heteroatoms. The molecule has 1 N–H and O–H groups in total. The fourth-order valence-corrected chi connectivity index (χ4v) is 8.62. The van der Waals surface area contributed by atoms with Crippen LogP contribution in [0, 0.1) is 6.92 Å². The molecule has 11 nitrogen and oxygen atoms in total. The lowest BCUT2D eigenvalue weighted by molar-refractivity contribution is 0.0732. The van der Waals surface area contributed by atoms with Gasteiger partial charge in [0.25, 0.3) is 27.7 Å². The Labute approximate surface area is 341 Å². The Hall–Kier alpha value is -4.72. The number of rotatable bonds is 13. The maximum absolute atomic E-state index is 14.5. The van der Waals surface area contributed by atoms with Crippen molar-refractivity contribution < 1.29 is 22.8 Å². The second-order valence-corrected chi connectivity index (χ2v) is 17.2. The van der Waals surface area contributed by atoms with Gasteiger partial charge in [-0.1, -0.05) is 84.6 Å². The van der Waals surface area contributed by atoms with Gasteiger partial charge in [0.05, 0.1) is 26.9 Å². The molecule has 0 saturated heterocycles. The van der Waals surface area contributed by atoms with Crippen LogP contribution in [-0.4, -0.2) is 79.4 Å². The van der Waals surface area contributed by atoms with Crippen molar-refractivity contribution in [1.82, 2.24) is 24.3 Å². The van der Waals surface area contributed by atoms with Gasteiger partial charge >= 0.3 is 0 Å². The van der Waals surface area contributed by atoms with Gasteiger partial charge in [0.2, 0.25) is 0 Å². The first kappa shape index (κ1) is 40.9. The van der Waals surface area contributed by atoms with E-state index in [1.54, 1.807) is 28.9 Å². The number of benzene rings is 4. The molecular weight excluding hydrogens is 816 g/mol. The van der Waals surface area contributed by atoms with E-state index in [4.69, 9.17) is 11.6 Å². The standard InChI is InChI=1S/C42H46BrClN6O5S/c1-6-8-21-48(22-9-7-2)42(53)39-38(44)27(3)50(45-39)37-18-14-29(24-34(37)41(52)49-23-20-28-12-10-11-13-30(28)26-49)40(51)46-56(54,55)31-15-16-32-33(25-31)35(43)17-19-36(32)47(4)5/h10-19,24-25H,6-9,20-23,26H2,1-5H3,(H,46,51). The molecule has 1 aromatic heterocycles. The molecule has 0 saturated carbocycles. The van der Waals surface area contributed by atoms with Crippen molar-refractivity contribution in [3.63, 3.8) is 0 Å². The maximum atomic E-state index is 14.5. The lowest BCUT2D eigenvalue weighted by Crippen LogP contribution is -2.37. The Morgan fingerprint density at radius 1 is 0.911 bits per heavy atom. The summed E-state index contributed by atoms with van der Waals surface area (Å²) >= 11 is 10.4. The summed E-state index contributed by atoms with van der Waals surface area (Å²) < 4.78 is 31.8. The van der Waals surface area contributed by atoms with Crippen LogP contribution in [0.1, 0.15) is 87.6 Å². The monoisotopic (exact) mass is 860 g/mol. The first-order chi connectivity index (χ1) is 26.7. The fraction of sp³-hybridized carbons (Fsp3) is 0.333. The third-order valence-corrected chi connectivity index (χ3v) is 12.6. The zero-order chi connectivity index (χ0) is 40.3. The number of halogens is 2. The molecule has 1 aliphatic rings. The normalized spacial score (nSPS) is 12.7. The van der Waals surface area contributed by atoms with Crippen molar-refractivity contribution in [3.8, 4) is 5.69 Å². The second-order valence-electron chi connectivity index (χ2n) is 14.2. The number of carbonyl (C=O) groups is 3. The van der Waals surface area contributed by atoms with Crippen LogP contribution in [0.3, 0.4) is 0 Å². The number of anilines is 1. The molecule has 6 rings (SSSR count). The van der Waals surface area contributed by atoms with Gasteiger partial charge in [-0.3, -0.25) is 14.4 Å². The molecule has 3 amide bonds. The Kier molecular flexibility index (Phi) is 12.6. The molecule has 5 aromatic rings. The quantitative estimate of drug-likeness (QED) is 0.127. The summed E-state index contributed by atoms with van der Waals surface area (Å²) in [5.74, 6) is -1.59. The number of carbonyl (C=O) groups excluding carboxylic acids is 3. The minimum Gasteiger partial charge on any atom is -0.377 e. The molecule has 1 aliphatic heterocycles. The highest BCUT2D eigenvalue weighted by atomic mass is 79.9. The van der Waals surface area contributed by atoms with E-state index in [1.165, 1.54) is 28.9 Å². The summed E-state index contributed by atoms with van der Waals surface area (Å²) in [6.07, 6.45) is 4.15. The molecule has 0 aliphatic carbocycles. The highest BCUT2D eigenvalue weighted by molar-refractivity contribution is 9.10. The number of amides is 3. The van der Waals surface area contributed by atoms with Gasteiger partial charge in [-0.25, -0.2) is 17.8 Å². The predicted molar refractivity (Wildman–Crippen MR) is 225 cm³/mol. The lowest BCUT2D eigenvalue weighted by atomic mass is 9.98. The lowest BCUT2D eigenvalue weighted by Gasteiger charge is -2.29. The number of unbranched alkanes of at least 4 members (excludes halogenated alkanes) is 2. The summed E-state index contributed by atoms with van der Waals surface area (Å²) in [6.45, 7) is 7.76. The number of nitrogens with one attached hydrogen (secondary N) is 1. The average molecular weight is 862 g/mol. The number of nitrogens with zero attached hydrogens (tertiary/aromatic N) is 5. The summed E-state index contributed by atoms with van der Waals surface area (Å²) in [5, 5.41) is 6.35. The number of hydrogen-bond donors (Lipinski definition) is 1. The van der Waals surface area contributed by atoms with Crippen molar-refractivity contribution in [2.75, 3.05) is 38.6 Å². The molecule has 0 radical (unpaired) electrons. The zero-order valence-corrected chi connectivity index (χ0v) is 35.4. The smallest absolute Gasteiger partial charge is 0.275 e. The Morgan fingerprint density at radius 3 is 2.29 bits per heavy atom. The van der Waals surface area contributed by atoms with Crippen LogP contribution in [-0.2, 0) is 23.0 Å². The van der Waals surface area contributed by atoms with Gasteiger partial charge in [-0.05, 0) is 85.2 Å². The van der Waals surface area contributed by atoms with Gasteiger partial charge in [0, 0.05) is 61.4 Å². The number of sulfonamides is 1. The van der Waals surface area contributed by atoms with Gasteiger partial charge in [0.15, 0.2) is 5.69 Å². The van der Waals surface area contributed by atoms with Crippen LogP contribution in [0.25, 0.3) is 16.5 Å². The highest BCUT2D eigenvalue weighted by Gasteiger charge is 2.30. The summed E-state index contributed by atoms with van der Waals surface area (Å²) in [4.78, 5) is 47.5. The topological polar surface area (TPSA) is 125 Å². The molecule has 2 heterocycles. The number of aromatic nitrogens is 2. The molecule has 0 unspecified atom stereocenters. The van der Waals surface area contributed by atoms with Gasteiger partial charge in [0.1, 0.15) is 0 Å². The molecular formula is C42H46BrClN6O5S. The summed E-state index contributed by atoms with van der Waals surface area (Å²) in [7, 11) is -0.541. The average Bonchev–Trinajstić information content (AvgIpc) is 3.49. The second kappa shape index (κ2) is 17.2. The van der Waals surface area contributed by atoms with Crippen molar-refractivity contribution in [3.05, 3.63) is 116 Å². The van der Waals surface area contributed by atoms with Crippen molar-refractivity contribution in [1.29, 1.82) is 0 Å². The Bertz CT molecular complexity index is 2420. The van der Waals surface area contributed by atoms with E-state index in [9.17, 15) is 22.8 Å². The third kappa shape index (κ3) is 8.35. The van der Waals surface area contributed by atoms with Gasteiger partial charge < -0.3 is 14.7 Å². The van der Waals surface area contributed by atoms with Crippen molar-refractivity contribution in [2.24, 2.45) is 0 Å². The molecule has 4 aromatic carbocycles. The maximum Gasteiger partial charge on any atom is 0.275 e. The number of fused-ring (bicyclic) bond motifs is 2. The van der Waals surface area contributed by atoms with Gasteiger partial charge in [-0.15, -0.1) is 0 Å². The minimum atomic E-state index is -4.35. The van der Waals surface area contributed by atoms with Gasteiger partial charge in [-0.2, -0.15) is 5.10 Å². The van der Waals surface area contributed by atoms with Crippen LogP contribution in [0.4, 0.5) is 5.69 Å². The van der Waals surface area contributed by atoms with E-state index in [1.807, 2.05) is 55.4 Å². The van der Waals surface area contributed by atoms with E-state index >= 15 is 0 Å². The predicted octanol–water partition coefficient (Wildman–Crippen LogP) is 8.18. The van der Waals surface area contributed by atoms with E-state index in [-0.39, 0.29) is 38.6 Å². The van der Waals surface area contributed by atoms with Crippen LogP contribution >= 0.6 is 27.5 Å². The summed E-state index contributed by atoms with van der Waals surface area (Å²) in [6, 6.07) is 20.7. The number of hydrogen-bond acceptors (Lipinski definition) is 7. The van der Waals surface area contributed by atoms with E-state index < -0.39 is 15.9 Å². The molecule has 0 fully saturated rings. The van der Waals surface area contributed by atoms with Crippen LogP contribution in [0.15, 0.2) is 82.2 Å². The molecule has 294 valence electrons.